The first-order chi connectivity index (χ1) is 16.2. The second-order valence-corrected chi connectivity index (χ2v) is 8.13. The Hall–Kier alpha value is -4.11. The predicted octanol–water partition coefficient (Wildman–Crippen LogP) is 2.35. The van der Waals surface area contributed by atoms with Crippen molar-refractivity contribution in [2.24, 2.45) is 0 Å². The van der Waals surface area contributed by atoms with Crippen LogP contribution in [0.2, 0.25) is 0 Å². The highest BCUT2D eigenvalue weighted by atomic mass is 16.1. The lowest BCUT2D eigenvalue weighted by Gasteiger charge is -2.35. The second kappa shape index (κ2) is 8.10. The Morgan fingerprint density at radius 2 is 1.70 bits per heavy atom. The Balaban J connectivity index is 1.22. The van der Waals surface area contributed by atoms with Gasteiger partial charge in [-0.1, -0.05) is 42.5 Å². The molecule has 0 amide bonds. The summed E-state index contributed by atoms with van der Waals surface area (Å²) in [6.45, 7) is 3.94. The molecule has 1 aliphatic rings. The summed E-state index contributed by atoms with van der Waals surface area (Å²) >= 11 is 0. The standard InChI is InChI=1S/C24H22N8O/c33-23-18-8-4-5-9-19(18)27-21(29-23)15-30-10-12-31(13-11-30)22-14-20(17-6-2-1-3-7-17)28-24-25-16-26-32(22)24/h1-9,14,16H,10-13,15H2,(H,27,29,33). The molecule has 5 aromatic rings. The van der Waals surface area contributed by atoms with E-state index in [0.29, 0.717) is 23.5 Å². The molecule has 1 N–H and O–H groups in total. The number of aromatic amines is 1. The zero-order chi connectivity index (χ0) is 22.2. The van der Waals surface area contributed by atoms with Gasteiger partial charge in [-0.05, 0) is 12.1 Å². The van der Waals surface area contributed by atoms with Crippen molar-refractivity contribution >= 4 is 22.5 Å². The lowest BCUT2D eigenvalue weighted by molar-refractivity contribution is 0.243. The van der Waals surface area contributed by atoms with Gasteiger partial charge in [0.2, 0.25) is 0 Å². The normalized spacial score (nSPS) is 14.8. The molecular weight excluding hydrogens is 416 g/mol. The smallest absolute Gasteiger partial charge is 0.258 e. The van der Waals surface area contributed by atoms with Gasteiger partial charge in [-0.3, -0.25) is 9.69 Å². The van der Waals surface area contributed by atoms with Gasteiger partial charge < -0.3 is 9.88 Å². The molecule has 1 fully saturated rings. The quantitative estimate of drug-likeness (QED) is 0.460. The number of nitrogens with one attached hydrogen (secondary N) is 1. The first-order valence-corrected chi connectivity index (χ1v) is 11.0. The number of para-hydroxylation sites is 1. The van der Waals surface area contributed by atoms with E-state index in [4.69, 9.17) is 0 Å². The molecule has 0 unspecified atom stereocenters. The number of hydrogen-bond acceptors (Lipinski definition) is 7. The molecule has 4 heterocycles. The molecule has 1 saturated heterocycles. The summed E-state index contributed by atoms with van der Waals surface area (Å²) in [5, 5.41) is 5.01. The molecule has 3 aromatic heterocycles. The molecule has 0 bridgehead atoms. The number of benzene rings is 2. The van der Waals surface area contributed by atoms with Gasteiger partial charge in [0.15, 0.2) is 0 Å². The number of piperazine rings is 1. The number of hydrogen-bond donors (Lipinski definition) is 1. The first kappa shape index (κ1) is 19.6. The Bertz CT molecular complexity index is 1490. The van der Waals surface area contributed by atoms with E-state index in [1.54, 1.807) is 16.9 Å². The van der Waals surface area contributed by atoms with Gasteiger partial charge in [-0.15, -0.1) is 0 Å². The summed E-state index contributed by atoms with van der Waals surface area (Å²) in [5.41, 5.74) is 2.57. The van der Waals surface area contributed by atoms with Crippen molar-refractivity contribution in [3.8, 4) is 11.3 Å². The van der Waals surface area contributed by atoms with E-state index in [9.17, 15) is 4.79 Å². The van der Waals surface area contributed by atoms with Crippen LogP contribution in [0.1, 0.15) is 5.82 Å². The van der Waals surface area contributed by atoms with Crippen molar-refractivity contribution in [3.05, 3.63) is 83.2 Å². The average Bonchev–Trinajstić information content (AvgIpc) is 3.33. The molecule has 6 rings (SSSR count). The van der Waals surface area contributed by atoms with Gasteiger partial charge in [-0.2, -0.15) is 14.6 Å². The Morgan fingerprint density at radius 3 is 2.55 bits per heavy atom. The highest BCUT2D eigenvalue weighted by Crippen LogP contribution is 2.24. The summed E-state index contributed by atoms with van der Waals surface area (Å²) in [6, 6.07) is 19.6. The Labute approximate surface area is 189 Å². The molecule has 9 nitrogen and oxygen atoms in total. The summed E-state index contributed by atoms with van der Waals surface area (Å²) in [5.74, 6) is 2.26. The maximum Gasteiger partial charge on any atom is 0.258 e. The maximum absolute atomic E-state index is 12.4. The molecular formula is C24H22N8O. The number of rotatable bonds is 4. The number of H-pyrrole nitrogens is 1. The van der Waals surface area contributed by atoms with E-state index in [2.05, 4.69) is 40.9 Å². The number of fused-ring (bicyclic) bond motifs is 2. The lowest BCUT2D eigenvalue weighted by atomic mass is 10.1. The maximum atomic E-state index is 12.4. The van der Waals surface area contributed by atoms with Crippen LogP contribution in [0.3, 0.4) is 0 Å². The third-order valence-electron chi connectivity index (χ3n) is 6.03. The fourth-order valence-corrected chi connectivity index (χ4v) is 4.34. The lowest BCUT2D eigenvalue weighted by Crippen LogP contribution is -2.47. The molecule has 0 aliphatic carbocycles. The van der Waals surface area contributed by atoms with Crippen LogP contribution in [0, 0.1) is 0 Å². The van der Waals surface area contributed by atoms with Gasteiger partial charge in [0.05, 0.1) is 23.1 Å². The van der Waals surface area contributed by atoms with Crippen LogP contribution in [-0.4, -0.2) is 60.6 Å². The molecule has 0 atom stereocenters. The van der Waals surface area contributed by atoms with Gasteiger partial charge in [0.25, 0.3) is 11.3 Å². The minimum absolute atomic E-state index is 0.0898. The highest BCUT2D eigenvalue weighted by molar-refractivity contribution is 5.77. The zero-order valence-electron chi connectivity index (χ0n) is 17.9. The van der Waals surface area contributed by atoms with Crippen molar-refractivity contribution in [2.75, 3.05) is 31.1 Å². The van der Waals surface area contributed by atoms with Crippen LogP contribution in [-0.2, 0) is 6.54 Å². The van der Waals surface area contributed by atoms with E-state index in [0.717, 1.165) is 48.8 Å². The van der Waals surface area contributed by atoms with Crippen LogP contribution < -0.4 is 10.5 Å². The van der Waals surface area contributed by atoms with E-state index in [1.807, 2.05) is 48.5 Å². The number of nitrogens with zero attached hydrogens (tertiary/aromatic N) is 7. The van der Waals surface area contributed by atoms with Crippen LogP contribution in [0.25, 0.3) is 27.9 Å². The molecule has 0 radical (unpaired) electrons. The number of aromatic nitrogens is 6. The Morgan fingerprint density at radius 1 is 0.909 bits per heavy atom. The van der Waals surface area contributed by atoms with Gasteiger partial charge in [0.1, 0.15) is 18.0 Å². The van der Waals surface area contributed by atoms with Crippen molar-refractivity contribution in [2.45, 2.75) is 6.54 Å². The third-order valence-corrected chi connectivity index (χ3v) is 6.03. The van der Waals surface area contributed by atoms with Crippen LogP contribution in [0.15, 0.2) is 71.8 Å². The van der Waals surface area contributed by atoms with Crippen molar-refractivity contribution in [1.82, 2.24) is 34.4 Å². The van der Waals surface area contributed by atoms with Crippen LogP contribution in [0.4, 0.5) is 5.82 Å². The minimum atomic E-state index is -0.0898. The molecule has 1 aliphatic heterocycles. The van der Waals surface area contributed by atoms with Crippen LogP contribution in [0.5, 0.6) is 0 Å². The zero-order valence-corrected chi connectivity index (χ0v) is 17.9. The second-order valence-electron chi connectivity index (χ2n) is 8.13. The fraction of sp³-hybridized carbons (Fsp3) is 0.208. The monoisotopic (exact) mass is 438 g/mol. The van der Waals surface area contributed by atoms with Gasteiger partial charge >= 0.3 is 0 Å². The van der Waals surface area contributed by atoms with E-state index >= 15 is 0 Å². The van der Waals surface area contributed by atoms with Crippen molar-refractivity contribution in [3.63, 3.8) is 0 Å². The molecule has 2 aromatic carbocycles. The highest BCUT2D eigenvalue weighted by Gasteiger charge is 2.22. The third kappa shape index (κ3) is 3.72. The van der Waals surface area contributed by atoms with Crippen LogP contribution >= 0.6 is 0 Å². The van der Waals surface area contributed by atoms with Gasteiger partial charge in [0, 0.05) is 37.8 Å². The molecule has 0 spiro atoms. The first-order valence-electron chi connectivity index (χ1n) is 11.0. The summed E-state index contributed by atoms with van der Waals surface area (Å²) in [6.07, 6.45) is 1.54. The van der Waals surface area contributed by atoms with Crippen molar-refractivity contribution < 1.29 is 0 Å². The molecule has 164 valence electrons. The van der Waals surface area contributed by atoms with E-state index in [-0.39, 0.29) is 5.56 Å². The Kier molecular flexibility index (Phi) is 4.80. The number of anilines is 1. The van der Waals surface area contributed by atoms with Crippen molar-refractivity contribution in [1.29, 1.82) is 0 Å². The predicted molar refractivity (Wildman–Crippen MR) is 126 cm³/mol. The average molecular weight is 438 g/mol. The fourth-order valence-electron chi connectivity index (χ4n) is 4.34. The molecule has 0 saturated carbocycles. The molecule has 9 heteroatoms. The van der Waals surface area contributed by atoms with Gasteiger partial charge in [-0.25, -0.2) is 9.97 Å². The minimum Gasteiger partial charge on any atom is -0.354 e. The largest absolute Gasteiger partial charge is 0.354 e. The summed E-state index contributed by atoms with van der Waals surface area (Å²) in [7, 11) is 0. The van der Waals surface area contributed by atoms with E-state index < -0.39 is 0 Å². The summed E-state index contributed by atoms with van der Waals surface area (Å²) in [4.78, 5) is 33.6. The van der Waals surface area contributed by atoms with E-state index in [1.165, 1.54) is 0 Å². The topological polar surface area (TPSA) is 95.3 Å². The SMILES string of the molecule is O=c1[nH]c(CN2CCN(c3cc(-c4ccccc4)nc4ncnn34)CC2)nc2ccccc12. The molecule has 33 heavy (non-hydrogen) atoms. The summed E-state index contributed by atoms with van der Waals surface area (Å²) < 4.78 is 1.80.